The lowest BCUT2D eigenvalue weighted by Crippen LogP contribution is -2.13. The first kappa shape index (κ1) is 28.1. The average molecular weight is 665 g/mol. The van der Waals surface area contributed by atoms with E-state index in [0.29, 0.717) is 11.1 Å². The largest absolute Gasteiger partial charge is 0.507 e. The molecule has 8 N–H and O–H groups in total. The molecule has 0 saturated carbocycles. The van der Waals surface area contributed by atoms with Crippen LogP contribution < -0.4 is 10.9 Å². The summed E-state index contributed by atoms with van der Waals surface area (Å²) in [5, 5.41) is 62.4. The first-order valence-electron chi connectivity index (χ1n) is 13.1. The summed E-state index contributed by atoms with van der Waals surface area (Å²) in [6.07, 6.45) is 0. The van der Waals surface area contributed by atoms with Crippen molar-refractivity contribution >= 4 is 95.6 Å². The van der Waals surface area contributed by atoms with E-state index in [1.165, 1.54) is 12.1 Å². The summed E-state index contributed by atoms with van der Waals surface area (Å²) in [7, 11) is -11.2. The van der Waals surface area contributed by atoms with E-state index in [2.05, 4.69) is 0 Å². The molecule has 0 atom stereocenters. The average Bonchev–Trinajstić information content (AvgIpc) is 2.90. The Kier molecular flexibility index (Phi) is 4.80. The quantitative estimate of drug-likeness (QED) is 0.0746. The number of phenolic OH excluding ortho intramolecular Hbond substituents is 6. The zero-order chi connectivity index (χ0) is 33.4. The van der Waals surface area contributed by atoms with Gasteiger partial charge in [0.15, 0.2) is 21.3 Å². The Bertz CT molecular complexity index is 2920. The zero-order valence-electron chi connectivity index (χ0n) is 23.0. The number of aryl methyl sites for hydroxylation is 2. The molecule has 0 radical (unpaired) electrons. The van der Waals surface area contributed by atoms with Crippen LogP contribution in [0.3, 0.4) is 0 Å². The first-order chi connectivity index (χ1) is 21.3. The number of benzene rings is 8. The van der Waals surface area contributed by atoms with Crippen LogP contribution in [0.5, 0.6) is 34.5 Å². The number of phenols is 6. The number of hydrogen-bond donors (Lipinski definition) is 8. The van der Waals surface area contributed by atoms with Crippen LogP contribution in [0.4, 0.5) is 0 Å². The van der Waals surface area contributed by atoms with Crippen LogP contribution in [-0.4, -0.2) is 56.6 Å². The molecule has 232 valence electrons. The predicted molar refractivity (Wildman–Crippen MR) is 165 cm³/mol. The third-order valence-electron chi connectivity index (χ3n) is 8.99. The van der Waals surface area contributed by atoms with Gasteiger partial charge in [0.1, 0.15) is 23.0 Å². The molecule has 8 aromatic rings. The summed E-state index contributed by atoms with van der Waals surface area (Å²) in [6.45, 7) is 3.14. The van der Waals surface area contributed by atoms with Crippen LogP contribution in [0.25, 0.3) is 75.4 Å². The fourth-order valence-corrected chi connectivity index (χ4v) is 8.91. The molecule has 46 heavy (non-hydrogen) atoms. The summed E-state index contributed by atoms with van der Waals surface area (Å²) >= 11 is 0. The maximum absolute atomic E-state index is 14.2. The summed E-state index contributed by atoms with van der Waals surface area (Å²) in [6, 6.07) is 2.43. The van der Waals surface area contributed by atoms with Crippen molar-refractivity contribution in [2.75, 3.05) is 0 Å². The van der Waals surface area contributed by atoms with E-state index in [0.717, 1.165) is 0 Å². The Morgan fingerprint density at radius 2 is 0.674 bits per heavy atom. The van der Waals surface area contributed by atoms with Gasteiger partial charge in [-0.15, -0.1) is 0 Å². The summed E-state index contributed by atoms with van der Waals surface area (Å²) in [4.78, 5) is 25.1. The highest BCUT2D eigenvalue weighted by Crippen LogP contribution is 2.59. The lowest BCUT2D eigenvalue weighted by Gasteiger charge is -2.26. The second kappa shape index (κ2) is 7.86. The molecular formula is C30H16O14S2. The maximum Gasteiger partial charge on any atom is 0.302 e. The van der Waals surface area contributed by atoms with Gasteiger partial charge in [-0.2, -0.15) is 16.8 Å². The molecular weight excluding hydrogens is 648 g/mol. The van der Waals surface area contributed by atoms with Crippen molar-refractivity contribution in [2.45, 2.75) is 23.6 Å². The van der Waals surface area contributed by atoms with Gasteiger partial charge < -0.3 is 30.6 Å². The third-order valence-corrected chi connectivity index (χ3v) is 10.8. The fourth-order valence-electron chi connectivity index (χ4n) is 7.52. The molecule has 0 aliphatic carbocycles. The normalized spacial score (nSPS) is 13.4. The van der Waals surface area contributed by atoms with E-state index in [1.54, 1.807) is 13.8 Å². The van der Waals surface area contributed by atoms with E-state index in [-0.39, 0.29) is 32.3 Å². The third kappa shape index (κ3) is 2.84. The van der Waals surface area contributed by atoms with Crippen molar-refractivity contribution in [3.63, 3.8) is 0 Å². The van der Waals surface area contributed by atoms with E-state index in [9.17, 15) is 66.2 Å². The smallest absolute Gasteiger partial charge is 0.302 e. The number of aromatic hydroxyl groups is 6. The Balaban J connectivity index is 2.03. The van der Waals surface area contributed by atoms with Crippen LogP contribution in [0.1, 0.15) is 11.1 Å². The number of rotatable bonds is 2. The molecule has 0 saturated heterocycles. The molecule has 16 heteroatoms. The maximum atomic E-state index is 14.2. The number of hydrogen-bond acceptors (Lipinski definition) is 12. The number of fused-ring (bicyclic) bond motifs is 2. The highest BCUT2D eigenvalue weighted by atomic mass is 32.2. The van der Waals surface area contributed by atoms with Crippen LogP contribution in [0.2, 0.25) is 0 Å². The molecule has 0 bridgehead atoms. The van der Waals surface area contributed by atoms with Gasteiger partial charge in [0.2, 0.25) is 10.9 Å². The van der Waals surface area contributed by atoms with E-state index < -0.39 is 118 Å². The summed E-state index contributed by atoms with van der Waals surface area (Å²) in [5.41, 5.74) is -1.67. The van der Waals surface area contributed by atoms with Crippen molar-refractivity contribution in [3.8, 4) is 34.5 Å². The summed E-state index contributed by atoms with van der Waals surface area (Å²) in [5.74, 6) is -7.11. The molecule has 0 fully saturated rings. The highest BCUT2D eigenvalue weighted by Gasteiger charge is 2.38. The minimum atomic E-state index is -5.61. The lowest BCUT2D eigenvalue weighted by molar-refractivity contribution is 0.413. The minimum Gasteiger partial charge on any atom is -0.507 e. The Labute approximate surface area is 253 Å². The molecule has 0 unspecified atom stereocenters. The predicted octanol–water partition coefficient (Wildman–Crippen LogP) is 3.57. The lowest BCUT2D eigenvalue weighted by atomic mass is 9.78. The van der Waals surface area contributed by atoms with Crippen molar-refractivity contribution in [1.82, 2.24) is 0 Å². The second-order valence-electron chi connectivity index (χ2n) is 11.3. The summed E-state index contributed by atoms with van der Waals surface area (Å²) < 4.78 is 70.1. The SMILES string of the molecule is Cc1cc(O)c2c(=O)c3c(O)c(S(=O)(=O)O)c(O)c4c5c(O)c(S(=O)(=O)O)c(O)c6c(=O)c7c(O)cc(C)c8c1c2c(c34)c(c78)c65. The second-order valence-corrected chi connectivity index (χ2v) is 14.1. The van der Waals surface area contributed by atoms with Gasteiger partial charge in [-0.05, 0) is 47.9 Å². The molecule has 0 aliphatic rings. The molecule has 0 aliphatic heterocycles. The van der Waals surface area contributed by atoms with Crippen LogP contribution >= 0.6 is 0 Å². The van der Waals surface area contributed by atoms with Gasteiger partial charge >= 0.3 is 20.2 Å². The molecule has 14 nitrogen and oxygen atoms in total. The van der Waals surface area contributed by atoms with Crippen molar-refractivity contribution in [2.24, 2.45) is 0 Å². The van der Waals surface area contributed by atoms with Crippen molar-refractivity contribution in [1.29, 1.82) is 0 Å². The first-order valence-corrected chi connectivity index (χ1v) is 16.0. The van der Waals surface area contributed by atoms with Gasteiger partial charge in [0.25, 0.3) is 0 Å². The van der Waals surface area contributed by atoms with E-state index in [1.807, 2.05) is 0 Å². The Hall–Kier alpha value is -5.42. The van der Waals surface area contributed by atoms with Crippen molar-refractivity contribution < 1.29 is 56.6 Å². The van der Waals surface area contributed by atoms with Crippen LogP contribution in [0.15, 0.2) is 31.5 Å². The molecule has 8 aromatic carbocycles. The van der Waals surface area contributed by atoms with Crippen LogP contribution in [0, 0.1) is 13.8 Å². The topological polar surface area (TPSA) is 264 Å². The zero-order valence-corrected chi connectivity index (χ0v) is 24.6. The minimum absolute atomic E-state index is 0.0133. The van der Waals surface area contributed by atoms with Crippen LogP contribution in [-0.2, 0) is 20.2 Å². The highest BCUT2D eigenvalue weighted by molar-refractivity contribution is 7.86. The van der Waals surface area contributed by atoms with Crippen molar-refractivity contribution in [3.05, 3.63) is 43.7 Å². The molecule has 0 spiro atoms. The van der Waals surface area contributed by atoms with E-state index in [4.69, 9.17) is 0 Å². The van der Waals surface area contributed by atoms with Gasteiger partial charge in [-0.1, -0.05) is 0 Å². The van der Waals surface area contributed by atoms with Gasteiger partial charge in [-0.25, -0.2) is 0 Å². The Morgan fingerprint density at radius 3 is 0.978 bits per heavy atom. The molecule has 0 amide bonds. The fraction of sp³-hybridized carbons (Fsp3) is 0.0667. The van der Waals surface area contributed by atoms with Gasteiger partial charge in [-0.3, -0.25) is 18.7 Å². The van der Waals surface area contributed by atoms with Gasteiger partial charge in [0.05, 0.1) is 21.5 Å². The molecule has 0 heterocycles. The standard InChI is InChI=1S/C30H16O14S2/c1-5-3-7(31)11-13-9(5)10-6(2)4-8(32)12-14(10)16-15(13)17-19(25(35)29(45(39,40)41)27(37)21(17)23(11)33)20-18(16)22(24(12)34)28(38)30(26(20)36)46(42,43)44/h3-4,31-32,35-38H,1-2H3,(H,39,40,41)(H,42,43,44). The molecule has 0 aromatic heterocycles. The van der Waals surface area contributed by atoms with E-state index >= 15 is 0 Å². The van der Waals surface area contributed by atoms with Gasteiger partial charge in [0, 0.05) is 43.1 Å². The Morgan fingerprint density at radius 1 is 0.413 bits per heavy atom. The molecule has 8 rings (SSSR count). The monoisotopic (exact) mass is 664 g/mol.